The highest BCUT2D eigenvalue weighted by Crippen LogP contribution is 2.26. The second-order valence-corrected chi connectivity index (χ2v) is 7.37. The minimum atomic E-state index is -0.129. The molecule has 0 aliphatic carbocycles. The summed E-state index contributed by atoms with van der Waals surface area (Å²) in [5.41, 5.74) is 1.38. The topological polar surface area (TPSA) is 56.9 Å². The van der Waals surface area contributed by atoms with Crippen molar-refractivity contribution in [3.8, 4) is 0 Å². The van der Waals surface area contributed by atoms with Gasteiger partial charge in [0.15, 0.2) is 0 Å². The highest BCUT2D eigenvalue weighted by molar-refractivity contribution is 6.05. The van der Waals surface area contributed by atoms with Crippen LogP contribution in [0, 0.1) is 6.92 Å². The summed E-state index contributed by atoms with van der Waals surface area (Å²) < 4.78 is 5.76. The van der Waals surface area contributed by atoms with Crippen molar-refractivity contribution in [2.75, 3.05) is 26.2 Å². The number of likely N-dealkylation sites (tertiary alicyclic amines) is 2. The molecule has 1 amide bonds. The Hall–Kier alpha value is -1.85. The summed E-state index contributed by atoms with van der Waals surface area (Å²) in [6.45, 7) is 5.45. The lowest BCUT2D eigenvalue weighted by Crippen LogP contribution is -2.49. The third-order valence-electron chi connectivity index (χ3n) is 5.66. The van der Waals surface area contributed by atoms with E-state index < -0.39 is 0 Å². The molecule has 4 rings (SSSR count). The monoisotopic (exact) mass is 342 g/mol. The smallest absolute Gasteiger partial charge is 0.257 e. The molecular weight excluding hydrogens is 316 g/mol. The van der Waals surface area contributed by atoms with E-state index in [1.165, 1.54) is 0 Å². The molecule has 2 aliphatic rings. The molecule has 3 heterocycles. The maximum absolute atomic E-state index is 13.0. The number of carbonyl (C=O) groups is 1. The molecular formula is C20H26N2O3. The number of para-hydroxylation sites is 1. The molecule has 0 bridgehead atoms. The van der Waals surface area contributed by atoms with Crippen molar-refractivity contribution in [2.45, 2.75) is 44.8 Å². The summed E-state index contributed by atoms with van der Waals surface area (Å²) in [4.78, 5) is 17.4. The van der Waals surface area contributed by atoms with Gasteiger partial charge in [-0.3, -0.25) is 4.79 Å². The average molecular weight is 342 g/mol. The van der Waals surface area contributed by atoms with E-state index in [9.17, 15) is 9.90 Å². The SMILES string of the molecule is Cc1cc2cccc(C(=O)N3CCC(N4CCC(O)CC4)CC3)c2o1. The molecule has 1 aromatic carbocycles. The second kappa shape index (κ2) is 6.81. The number of amides is 1. The second-order valence-electron chi connectivity index (χ2n) is 7.37. The third kappa shape index (κ3) is 3.31. The highest BCUT2D eigenvalue weighted by atomic mass is 16.3. The zero-order chi connectivity index (χ0) is 17.4. The Morgan fingerprint density at radius 2 is 1.84 bits per heavy atom. The van der Waals surface area contributed by atoms with E-state index in [4.69, 9.17) is 4.42 Å². The molecule has 5 heteroatoms. The van der Waals surface area contributed by atoms with Crippen molar-refractivity contribution in [1.82, 2.24) is 9.80 Å². The van der Waals surface area contributed by atoms with Gasteiger partial charge in [0.05, 0.1) is 11.7 Å². The number of hydrogen-bond acceptors (Lipinski definition) is 4. The quantitative estimate of drug-likeness (QED) is 0.912. The van der Waals surface area contributed by atoms with Gasteiger partial charge in [-0.15, -0.1) is 0 Å². The summed E-state index contributed by atoms with van der Waals surface area (Å²) in [6, 6.07) is 8.29. The van der Waals surface area contributed by atoms with Crippen molar-refractivity contribution in [3.05, 3.63) is 35.6 Å². The first-order chi connectivity index (χ1) is 12.1. The predicted octanol–water partition coefficient (Wildman–Crippen LogP) is 2.80. The van der Waals surface area contributed by atoms with Crippen molar-refractivity contribution >= 4 is 16.9 Å². The van der Waals surface area contributed by atoms with Gasteiger partial charge in [0.1, 0.15) is 11.3 Å². The summed E-state index contributed by atoms with van der Waals surface area (Å²) in [5, 5.41) is 10.7. The fraction of sp³-hybridized carbons (Fsp3) is 0.550. The summed E-state index contributed by atoms with van der Waals surface area (Å²) in [7, 11) is 0. The van der Waals surface area contributed by atoms with E-state index in [1.807, 2.05) is 36.1 Å². The Bertz CT molecular complexity index is 753. The fourth-order valence-electron chi connectivity index (χ4n) is 4.22. The fourth-order valence-corrected chi connectivity index (χ4v) is 4.22. The van der Waals surface area contributed by atoms with E-state index in [-0.39, 0.29) is 12.0 Å². The van der Waals surface area contributed by atoms with Gasteiger partial charge in [0.2, 0.25) is 0 Å². The molecule has 2 aromatic rings. The lowest BCUT2D eigenvalue weighted by molar-refractivity contribution is 0.0357. The number of rotatable bonds is 2. The Morgan fingerprint density at radius 1 is 1.12 bits per heavy atom. The van der Waals surface area contributed by atoms with Crippen LogP contribution in [0.2, 0.25) is 0 Å². The van der Waals surface area contributed by atoms with Crippen LogP contribution in [0.1, 0.15) is 41.8 Å². The molecule has 0 unspecified atom stereocenters. The summed E-state index contributed by atoms with van der Waals surface area (Å²) >= 11 is 0. The maximum atomic E-state index is 13.0. The molecule has 0 radical (unpaired) electrons. The van der Waals surface area contributed by atoms with E-state index >= 15 is 0 Å². The first kappa shape index (κ1) is 16.6. The molecule has 1 aromatic heterocycles. The van der Waals surface area contributed by atoms with Crippen molar-refractivity contribution in [1.29, 1.82) is 0 Å². The first-order valence-corrected chi connectivity index (χ1v) is 9.32. The van der Waals surface area contributed by atoms with E-state index in [0.29, 0.717) is 17.2 Å². The lowest BCUT2D eigenvalue weighted by Gasteiger charge is -2.41. The van der Waals surface area contributed by atoms with Gasteiger partial charge >= 0.3 is 0 Å². The molecule has 2 aliphatic heterocycles. The number of aliphatic hydroxyl groups is 1. The number of aliphatic hydroxyl groups excluding tert-OH is 1. The van der Waals surface area contributed by atoms with E-state index in [2.05, 4.69) is 4.90 Å². The van der Waals surface area contributed by atoms with Gasteiger partial charge in [-0.2, -0.15) is 0 Å². The number of benzene rings is 1. The standard InChI is InChI=1S/C20H26N2O3/c1-14-13-15-3-2-4-18(19(15)25-14)20(24)22-9-5-16(6-10-22)21-11-7-17(23)8-12-21/h2-4,13,16-17,23H,5-12H2,1H3. The zero-order valence-corrected chi connectivity index (χ0v) is 14.8. The molecule has 0 atom stereocenters. The molecule has 25 heavy (non-hydrogen) atoms. The largest absolute Gasteiger partial charge is 0.461 e. The Labute approximate surface area is 148 Å². The van der Waals surface area contributed by atoms with Crippen LogP contribution in [0.3, 0.4) is 0 Å². The number of fused-ring (bicyclic) bond motifs is 1. The van der Waals surface area contributed by atoms with Crippen LogP contribution in [0.25, 0.3) is 11.0 Å². The average Bonchev–Trinajstić information content (AvgIpc) is 3.02. The Balaban J connectivity index is 1.42. The predicted molar refractivity (Wildman–Crippen MR) is 96.7 cm³/mol. The molecule has 0 saturated carbocycles. The van der Waals surface area contributed by atoms with Crippen molar-refractivity contribution in [2.24, 2.45) is 0 Å². The van der Waals surface area contributed by atoms with E-state index in [0.717, 1.165) is 63.0 Å². The molecule has 134 valence electrons. The van der Waals surface area contributed by atoms with Gasteiger partial charge in [0.25, 0.3) is 5.91 Å². The molecule has 2 saturated heterocycles. The van der Waals surface area contributed by atoms with Gasteiger partial charge < -0.3 is 19.3 Å². The van der Waals surface area contributed by atoms with Crippen molar-refractivity contribution < 1.29 is 14.3 Å². The number of piperidine rings is 2. The molecule has 5 nitrogen and oxygen atoms in total. The van der Waals surface area contributed by atoms with Gasteiger partial charge in [0, 0.05) is 37.6 Å². The number of furan rings is 1. The van der Waals surface area contributed by atoms with Gasteiger partial charge in [-0.25, -0.2) is 0 Å². The third-order valence-corrected chi connectivity index (χ3v) is 5.66. The molecule has 2 fully saturated rings. The van der Waals surface area contributed by atoms with E-state index in [1.54, 1.807) is 0 Å². The number of carbonyl (C=O) groups excluding carboxylic acids is 1. The van der Waals surface area contributed by atoms with Crippen LogP contribution < -0.4 is 0 Å². The number of aryl methyl sites for hydroxylation is 1. The van der Waals surface area contributed by atoms with Crippen LogP contribution in [0.15, 0.2) is 28.7 Å². The first-order valence-electron chi connectivity index (χ1n) is 9.32. The van der Waals surface area contributed by atoms with Crippen molar-refractivity contribution in [3.63, 3.8) is 0 Å². The molecule has 0 spiro atoms. The van der Waals surface area contributed by atoms with Crippen LogP contribution in [-0.4, -0.2) is 59.1 Å². The van der Waals surface area contributed by atoms with Gasteiger partial charge in [-0.1, -0.05) is 12.1 Å². The summed E-state index contributed by atoms with van der Waals surface area (Å²) in [5.74, 6) is 0.911. The van der Waals surface area contributed by atoms with Crippen LogP contribution in [0.5, 0.6) is 0 Å². The Morgan fingerprint density at radius 3 is 2.56 bits per heavy atom. The van der Waals surface area contributed by atoms with Crippen LogP contribution in [-0.2, 0) is 0 Å². The minimum absolute atomic E-state index is 0.0764. The zero-order valence-electron chi connectivity index (χ0n) is 14.8. The van der Waals surface area contributed by atoms with Crippen LogP contribution in [0.4, 0.5) is 0 Å². The highest BCUT2D eigenvalue weighted by Gasteiger charge is 2.30. The Kier molecular flexibility index (Phi) is 4.52. The normalized spacial score (nSPS) is 21.1. The number of hydrogen-bond donors (Lipinski definition) is 1. The van der Waals surface area contributed by atoms with Gasteiger partial charge in [-0.05, 0) is 44.7 Å². The summed E-state index contributed by atoms with van der Waals surface area (Å²) in [6.07, 6.45) is 3.64. The molecule has 1 N–H and O–H groups in total. The number of nitrogens with zero attached hydrogens (tertiary/aromatic N) is 2. The minimum Gasteiger partial charge on any atom is -0.461 e. The maximum Gasteiger partial charge on any atom is 0.257 e. The van der Waals surface area contributed by atoms with Crippen LogP contribution >= 0.6 is 0 Å². The lowest BCUT2D eigenvalue weighted by atomic mass is 9.98.